The minimum atomic E-state index is 0.249. The van der Waals surface area contributed by atoms with Crippen LogP contribution in [0.1, 0.15) is 13.3 Å². The minimum Gasteiger partial charge on any atom is -0.352 e. The summed E-state index contributed by atoms with van der Waals surface area (Å²) in [4.78, 5) is 16.5. The number of nitrogen functional groups attached to an aromatic ring is 1. The fourth-order valence-corrected chi connectivity index (χ4v) is 2.08. The topological polar surface area (TPSA) is 119 Å². The molecule has 0 spiro atoms. The Hall–Kier alpha value is -1.94. The van der Waals surface area contributed by atoms with Crippen molar-refractivity contribution in [1.82, 2.24) is 29.7 Å². The molecule has 9 nitrogen and oxygen atoms in total. The van der Waals surface area contributed by atoms with Crippen LogP contribution in [0.5, 0.6) is 0 Å². The molecule has 1 unspecified atom stereocenters. The molecule has 2 aromatic rings. The van der Waals surface area contributed by atoms with E-state index in [1.165, 1.54) is 17.3 Å². The highest BCUT2D eigenvalue weighted by molar-refractivity contribution is 7.98. The molecule has 0 aliphatic carbocycles. The van der Waals surface area contributed by atoms with Crippen LogP contribution in [-0.2, 0) is 0 Å². The molecular weight excluding hydrogens is 278 g/mol. The van der Waals surface area contributed by atoms with Gasteiger partial charge in [-0.15, -0.1) is 0 Å². The summed E-state index contributed by atoms with van der Waals surface area (Å²) in [6.45, 7) is 2.07. The van der Waals surface area contributed by atoms with Crippen molar-refractivity contribution in [3.63, 3.8) is 0 Å². The van der Waals surface area contributed by atoms with Crippen molar-refractivity contribution in [3.05, 3.63) is 12.7 Å². The first kappa shape index (κ1) is 14.5. The van der Waals surface area contributed by atoms with Gasteiger partial charge in [0.2, 0.25) is 11.9 Å². The molecule has 108 valence electrons. The lowest BCUT2D eigenvalue weighted by molar-refractivity contribution is 0.745. The number of thioether (sulfide) groups is 1. The average Bonchev–Trinajstić information content (AvgIpc) is 2.99. The number of hydrogen-bond donors (Lipinski definition) is 3. The third-order valence-electron chi connectivity index (χ3n) is 2.51. The lowest BCUT2D eigenvalue weighted by atomic mass is 10.3. The van der Waals surface area contributed by atoms with Crippen molar-refractivity contribution in [3.8, 4) is 5.95 Å². The summed E-state index contributed by atoms with van der Waals surface area (Å²) in [7, 11) is 0. The van der Waals surface area contributed by atoms with Crippen LogP contribution >= 0.6 is 11.8 Å². The quantitative estimate of drug-likeness (QED) is 0.489. The van der Waals surface area contributed by atoms with E-state index in [0.29, 0.717) is 11.9 Å². The van der Waals surface area contributed by atoms with Crippen LogP contribution < -0.4 is 16.6 Å². The summed E-state index contributed by atoms with van der Waals surface area (Å²) in [5.41, 5.74) is 2.42. The Bertz CT molecular complexity index is 530. The Morgan fingerprint density at radius 2 is 2.15 bits per heavy atom. The van der Waals surface area contributed by atoms with Crippen molar-refractivity contribution in [2.45, 2.75) is 19.4 Å². The van der Waals surface area contributed by atoms with Crippen molar-refractivity contribution < 1.29 is 0 Å². The van der Waals surface area contributed by atoms with Crippen molar-refractivity contribution in [2.75, 3.05) is 22.8 Å². The largest absolute Gasteiger partial charge is 0.352 e. The van der Waals surface area contributed by atoms with Crippen molar-refractivity contribution in [2.24, 2.45) is 5.84 Å². The third-order valence-corrected chi connectivity index (χ3v) is 3.15. The second-order valence-electron chi connectivity index (χ2n) is 4.09. The van der Waals surface area contributed by atoms with Gasteiger partial charge in [0.1, 0.15) is 12.7 Å². The van der Waals surface area contributed by atoms with Crippen LogP contribution in [0.4, 0.5) is 11.9 Å². The summed E-state index contributed by atoms with van der Waals surface area (Å²) in [5.74, 6) is 7.51. The predicted octanol–water partition coefficient (Wildman–Crippen LogP) is 0.291. The monoisotopic (exact) mass is 295 g/mol. The molecule has 0 saturated carbocycles. The number of nitrogens with one attached hydrogen (secondary N) is 2. The number of anilines is 2. The number of hydrazine groups is 1. The van der Waals surface area contributed by atoms with Crippen molar-refractivity contribution in [1.29, 1.82) is 0 Å². The predicted molar refractivity (Wildman–Crippen MR) is 78.6 cm³/mol. The average molecular weight is 295 g/mol. The van der Waals surface area contributed by atoms with E-state index in [4.69, 9.17) is 5.84 Å². The molecule has 1 atom stereocenters. The first-order valence-corrected chi connectivity index (χ1v) is 7.45. The van der Waals surface area contributed by atoms with E-state index in [9.17, 15) is 0 Å². The van der Waals surface area contributed by atoms with Gasteiger partial charge in [-0.2, -0.15) is 36.5 Å². The standard InChI is InChI=1S/C10H17N9S/c1-7(3-4-20-2)14-8-15-9(18-11)17-10(16-8)19-6-12-5-13-19/h5-7H,3-4,11H2,1-2H3,(H2,14,15,16,17,18). The van der Waals surface area contributed by atoms with Crippen molar-refractivity contribution >= 4 is 23.7 Å². The van der Waals surface area contributed by atoms with Crippen LogP contribution in [0.15, 0.2) is 12.7 Å². The summed E-state index contributed by atoms with van der Waals surface area (Å²) < 4.78 is 1.44. The Morgan fingerprint density at radius 1 is 1.35 bits per heavy atom. The van der Waals surface area contributed by atoms with E-state index in [-0.39, 0.29) is 12.0 Å². The van der Waals surface area contributed by atoms with E-state index >= 15 is 0 Å². The zero-order valence-electron chi connectivity index (χ0n) is 11.3. The van der Waals surface area contributed by atoms with Crippen LogP contribution in [0.25, 0.3) is 5.95 Å². The fraction of sp³-hybridized carbons (Fsp3) is 0.500. The molecule has 0 aliphatic heterocycles. The molecule has 0 radical (unpaired) electrons. The molecule has 20 heavy (non-hydrogen) atoms. The van der Waals surface area contributed by atoms with Gasteiger partial charge in [0, 0.05) is 6.04 Å². The molecule has 0 bridgehead atoms. The van der Waals surface area contributed by atoms with E-state index in [2.05, 4.69) is 49.0 Å². The lowest BCUT2D eigenvalue weighted by Gasteiger charge is -2.14. The molecule has 0 aliphatic rings. The number of rotatable bonds is 7. The van der Waals surface area contributed by atoms with Gasteiger partial charge in [-0.3, -0.25) is 5.43 Å². The number of hydrogen-bond acceptors (Lipinski definition) is 9. The van der Waals surface area contributed by atoms with E-state index in [1.807, 2.05) is 0 Å². The van der Waals surface area contributed by atoms with Crippen LogP contribution in [-0.4, -0.2) is 47.8 Å². The number of nitrogens with zero attached hydrogens (tertiary/aromatic N) is 6. The van der Waals surface area contributed by atoms with Crippen LogP contribution in [0, 0.1) is 0 Å². The van der Waals surface area contributed by atoms with Gasteiger partial charge in [0.15, 0.2) is 0 Å². The highest BCUT2D eigenvalue weighted by Crippen LogP contribution is 2.10. The van der Waals surface area contributed by atoms with Gasteiger partial charge in [-0.25, -0.2) is 10.8 Å². The summed E-state index contributed by atoms with van der Waals surface area (Å²) >= 11 is 1.80. The molecule has 10 heteroatoms. The second-order valence-corrected chi connectivity index (χ2v) is 5.08. The molecule has 0 fully saturated rings. The van der Waals surface area contributed by atoms with Gasteiger partial charge in [-0.05, 0) is 25.4 Å². The number of aromatic nitrogens is 6. The molecule has 2 aromatic heterocycles. The first-order chi connectivity index (χ1) is 9.72. The third kappa shape index (κ3) is 3.78. The van der Waals surface area contributed by atoms with E-state index in [0.717, 1.165) is 12.2 Å². The summed E-state index contributed by atoms with van der Waals surface area (Å²) in [6, 6.07) is 0.249. The molecular formula is C10H17N9S. The summed E-state index contributed by atoms with van der Waals surface area (Å²) in [5, 5.41) is 7.21. The maximum Gasteiger partial charge on any atom is 0.258 e. The smallest absolute Gasteiger partial charge is 0.258 e. The number of nitrogens with two attached hydrogens (primary N) is 1. The zero-order valence-corrected chi connectivity index (χ0v) is 12.1. The SMILES string of the molecule is CSCCC(C)Nc1nc(NN)nc(-n2cncn2)n1. The normalized spacial score (nSPS) is 12.2. The Morgan fingerprint density at radius 3 is 2.80 bits per heavy atom. The maximum atomic E-state index is 5.37. The molecule has 0 amide bonds. The highest BCUT2D eigenvalue weighted by atomic mass is 32.2. The van der Waals surface area contributed by atoms with E-state index in [1.54, 1.807) is 11.8 Å². The molecule has 4 N–H and O–H groups in total. The molecule has 2 rings (SSSR count). The van der Waals surface area contributed by atoms with Crippen LogP contribution in [0.3, 0.4) is 0 Å². The van der Waals surface area contributed by atoms with Crippen LogP contribution in [0.2, 0.25) is 0 Å². The zero-order chi connectivity index (χ0) is 14.4. The highest BCUT2D eigenvalue weighted by Gasteiger charge is 2.10. The summed E-state index contributed by atoms with van der Waals surface area (Å²) in [6.07, 6.45) is 6.01. The second kappa shape index (κ2) is 7.01. The van der Waals surface area contributed by atoms with Gasteiger partial charge in [0.25, 0.3) is 5.95 Å². The lowest BCUT2D eigenvalue weighted by Crippen LogP contribution is -2.21. The minimum absolute atomic E-state index is 0.249. The Labute approximate surface area is 120 Å². The molecule has 2 heterocycles. The van der Waals surface area contributed by atoms with Gasteiger partial charge >= 0.3 is 0 Å². The Kier molecular flexibility index (Phi) is 5.07. The molecule has 0 aromatic carbocycles. The maximum absolute atomic E-state index is 5.37. The van der Waals surface area contributed by atoms with Gasteiger partial charge < -0.3 is 5.32 Å². The first-order valence-electron chi connectivity index (χ1n) is 6.06. The van der Waals surface area contributed by atoms with Gasteiger partial charge in [-0.1, -0.05) is 0 Å². The van der Waals surface area contributed by atoms with E-state index < -0.39 is 0 Å². The van der Waals surface area contributed by atoms with Gasteiger partial charge in [0.05, 0.1) is 0 Å². The Balaban J connectivity index is 2.18. The fourth-order valence-electron chi connectivity index (χ4n) is 1.49. The molecule has 0 saturated heterocycles.